The van der Waals surface area contributed by atoms with Gasteiger partial charge in [-0.3, -0.25) is 4.98 Å². The summed E-state index contributed by atoms with van der Waals surface area (Å²) in [5.74, 6) is 0. The summed E-state index contributed by atoms with van der Waals surface area (Å²) in [5, 5.41) is 5.52. The molecule has 4 aromatic rings. The first-order valence-corrected chi connectivity index (χ1v) is 11.7. The quantitative estimate of drug-likeness (QED) is 0.543. The number of aryl methyl sites for hydroxylation is 1. The van der Waals surface area contributed by atoms with Crippen LogP contribution in [0.1, 0.15) is 22.9 Å². The lowest BCUT2D eigenvalue weighted by Gasteiger charge is -2.42. The molecule has 1 aliphatic heterocycles. The second-order valence-corrected chi connectivity index (χ2v) is 11.2. The maximum absolute atomic E-state index is 6.77. The Morgan fingerprint density at radius 1 is 0.714 bits per heavy atom. The number of benzene rings is 3. The van der Waals surface area contributed by atoms with Crippen molar-refractivity contribution in [2.75, 3.05) is 0 Å². The van der Waals surface area contributed by atoms with E-state index in [2.05, 4.69) is 103 Å². The van der Waals surface area contributed by atoms with Crippen molar-refractivity contribution >= 4 is 28.8 Å². The van der Waals surface area contributed by atoms with Crippen molar-refractivity contribution < 1.29 is 0 Å². The van der Waals surface area contributed by atoms with Crippen LogP contribution in [0, 0.1) is 6.92 Å². The fraction of sp³-hybridized carbons (Fsp3) is 0.0800. The predicted octanol–water partition coefficient (Wildman–Crippen LogP) is 2.13. The number of hydrogen-bond donors (Lipinski definition) is 1. The van der Waals surface area contributed by atoms with Crippen LogP contribution in [-0.2, 0) is 0 Å². The molecule has 0 radical (unpaired) electrons. The molecule has 0 spiro atoms. The van der Waals surface area contributed by atoms with E-state index in [1.807, 2.05) is 6.20 Å². The molecule has 0 amide bonds. The molecule has 5 rings (SSSR count). The van der Waals surface area contributed by atoms with Crippen molar-refractivity contribution in [2.45, 2.75) is 13.0 Å². The van der Waals surface area contributed by atoms with Crippen LogP contribution in [0.4, 0.5) is 0 Å². The molecule has 3 heteroatoms. The highest BCUT2D eigenvalue weighted by molar-refractivity contribution is 7.20. The van der Waals surface area contributed by atoms with Gasteiger partial charge in [0.25, 0.3) is 0 Å². The van der Waals surface area contributed by atoms with E-state index in [4.69, 9.17) is 5.73 Å². The van der Waals surface area contributed by atoms with Crippen molar-refractivity contribution in [3.63, 3.8) is 0 Å². The minimum absolute atomic E-state index is 0.146. The minimum atomic E-state index is -2.47. The summed E-state index contributed by atoms with van der Waals surface area (Å²) in [7, 11) is -2.47. The zero-order chi connectivity index (χ0) is 19.1. The monoisotopic (exact) mass is 378 g/mol. The van der Waals surface area contributed by atoms with Gasteiger partial charge in [-0.15, -0.1) is 0 Å². The molecule has 136 valence electrons. The number of nitrogens with two attached hydrogens (primary N) is 1. The molecule has 1 aromatic heterocycles. The molecule has 1 aliphatic rings. The first-order valence-electron chi connectivity index (χ1n) is 9.66. The number of aromatic nitrogens is 1. The normalized spacial score (nSPS) is 16.9. The van der Waals surface area contributed by atoms with E-state index in [0.29, 0.717) is 0 Å². The van der Waals surface area contributed by atoms with Crippen LogP contribution in [0.3, 0.4) is 0 Å². The second kappa shape index (κ2) is 6.55. The number of rotatable bonds is 2. The van der Waals surface area contributed by atoms with Crippen molar-refractivity contribution in [1.82, 2.24) is 4.98 Å². The Morgan fingerprint density at radius 2 is 1.29 bits per heavy atom. The predicted molar refractivity (Wildman–Crippen MR) is 119 cm³/mol. The summed E-state index contributed by atoms with van der Waals surface area (Å²) in [6.45, 7) is 2.07. The van der Waals surface area contributed by atoms with Gasteiger partial charge in [0.2, 0.25) is 0 Å². The van der Waals surface area contributed by atoms with Crippen molar-refractivity contribution in [1.29, 1.82) is 0 Å². The Balaban J connectivity index is 2.00. The Morgan fingerprint density at radius 3 is 1.93 bits per heavy atom. The molecule has 3 aromatic carbocycles. The van der Waals surface area contributed by atoms with Crippen LogP contribution in [0.15, 0.2) is 97.2 Å². The molecule has 2 N–H and O–H groups in total. The molecule has 0 aliphatic carbocycles. The van der Waals surface area contributed by atoms with E-state index in [-0.39, 0.29) is 6.04 Å². The SMILES string of the molecule is Cc1cc2c(cn1)C(N)c1ccccc1[Si]2(c1ccccc1)c1ccccc1. The molecule has 2 heterocycles. The third-order valence-corrected chi connectivity index (χ3v) is 10.8. The van der Waals surface area contributed by atoms with Gasteiger partial charge in [0.1, 0.15) is 0 Å². The van der Waals surface area contributed by atoms with Crippen LogP contribution in [-0.4, -0.2) is 13.1 Å². The van der Waals surface area contributed by atoms with Gasteiger partial charge in [0.15, 0.2) is 8.07 Å². The average Bonchev–Trinajstić information content (AvgIpc) is 2.76. The van der Waals surface area contributed by atoms with Crippen molar-refractivity contribution in [3.8, 4) is 0 Å². The molecule has 0 saturated heterocycles. The summed E-state index contributed by atoms with van der Waals surface area (Å²) in [5.41, 5.74) is 10.2. The highest BCUT2D eigenvalue weighted by Crippen LogP contribution is 2.26. The highest BCUT2D eigenvalue weighted by Gasteiger charge is 2.48. The van der Waals surface area contributed by atoms with Crippen LogP contribution in [0.2, 0.25) is 0 Å². The lowest BCUT2D eigenvalue weighted by Crippen LogP contribution is -2.78. The summed E-state index contributed by atoms with van der Waals surface area (Å²) >= 11 is 0. The van der Waals surface area contributed by atoms with E-state index in [9.17, 15) is 0 Å². The summed E-state index contributed by atoms with van der Waals surface area (Å²) < 4.78 is 0. The minimum Gasteiger partial charge on any atom is -0.320 e. The molecular weight excluding hydrogens is 356 g/mol. The van der Waals surface area contributed by atoms with Gasteiger partial charge in [-0.2, -0.15) is 0 Å². The smallest absolute Gasteiger partial charge is 0.180 e. The standard InChI is InChI=1S/C25H22N2Si/c1-18-16-24-22(17-27-18)25(26)21-14-8-9-15-23(21)28(24,19-10-4-2-5-11-19)20-12-6-3-7-13-20/h2-17,25H,26H2,1H3. The summed E-state index contributed by atoms with van der Waals surface area (Å²) in [4.78, 5) is 4.61. The lowest BCUT2D eigenvalue weighted by molar-refractivity contribution is 0.867. The molecule has 0 saturated carbocycles. The van der Waals surface area contributed by atoms with Gasteiger partial charge < -0.3 is 5.73 Å². The Bertz CT molecular complexity index is 1100. The van der Waals surface area contributed by atoms with Gasteiger partial charge >= 0.3 is 0 Å². The lowest BCUT2D eigenvalue weighted by atomic mass is 10.00. The van der Waals surface area contributed by atoms with Gasteiger partial charge in [-0.05, 0) is 44.9 Å². The Hall–Kier alpha value is -3.01. The second-order valence-electron chi connectivity index (χ2n) is 7.46. The van der Waals surface area contributed by atoms with Crippen LogP contribution in [0.25, 0.3) is 0 Å². The van der Waals surface area contributed by atoms with Gasteiger partial charge in [0.05, 0.1) is 6.04 Å². The maximum Gasteiger partial charge on any atom is 0.180 e. The molecule has 0 fully saturated rings. The first kappa shape index (κ1) is 17.1. The highest BCUT2D eigenvalue weighted by atomic mass is 28.3. The molecule has 28 heavy (non-hydrogen) atoms. The third kappa shape index (κ3) is 2.33. The largest absolute Gasteiger partial charge is 0.320 e. The molecule has 2 nitrogen and oxygen atoms in total. The van der Waals surface area contributed by atoms with Gasteiger partial charge in [-0.1, -0.05) is 84.9 Å². The molecule has 1 unspecified atom stereocenters. The summed E-state index contributed by atoms with van der Waals surface area (Å²) in [6, 6.07) is 32.8. The van der Waals surface area contributed by atoms with Crippen molar-refractivity contribution in [2.24, 2.45) is 5.73 Å². The Labute approximate surface area is 166 Å². The van der Waals surface area contributed by atoms with Crippen LogP contribution < -0.4 is 26.5 Å². The first-order chi connectivity index (χ1) is 13.7. The number of pyridine rings is 1. The van der Waals surface area contributed by atoms with E-state index < -0.39 is 8.07 Å². The van der Waals surface area contributed by atoms with Crippen LogP contribution in [0.5, 0.6) is 0 Å². The molecule has 0 bridgehead atoms. The zero-order valence-corrected chi connectivity index (χ0v) is 16.8. The van der Waals surface area contributed by atoms with E-state index >= 15 is 0 Å². The fourth-order valence-electron chi connectivity index (χ4n) is 4.73. The third-order valence-electron chi connectivity index (χ3n) is 5.92. The van der Waals surface area contributed by atoms with E-state index in [1.165, 1.54) is 26.3 Å². The van der Waals surface area contributed by atoms with E-state index in [0.717, 1.165) is 11.3 Å². The topological polar surface area (TPSA) is 38.9 Å². The Kier molecular flexibility index (Phi) is 4.00. The average molecular weight is 379 g/mol. The van der Waals surface area contributed by atoms with Crippen molar-refractivity contribution in [3.05, 3.63) is 114 Å². The zero-order valence-electron chi connectivity index (χ0n) is 15.8. The van der Waals surface area contributed by atoms with Gasteiger partial charge in [-0.25, -0.2) is 0 Å². The van der Waals surface area contributed by atoms with Crippen LogP contribution >= 0.6 is 0 Å². The van der Waals surface area contributed by atoms with E-state index in [1.54, 1.807) is 0 Å². The number of hydrogen-bond acceptors (Lipinski definition) is 2. The molecule has 1 atom stereocenters. The molecular formula is C25H22N2Si. The summed E-state index contributed by atoms with van der Waals surface area (Å²) in [6.07, 6.45) is 2.00. The maximum atomic E-state index is 6.77. The number of nitrogens with zero attached hydrogens (tertiary/aromatic N) is 1. The van der Waals surface area contributed by atoms with Gasteiger partial charge in [0, 0.05) is 11.9 Å². The number of fused-ring (bicyclic) bond motifs is 2. The fourth-order valence-corrected chi connectivity index (χ4v) is 10.1.